The van der Waals surface area contributed by atoms with Crippen molar-refractivity contribution >= 4 is 40.1 Å². The summed E-state index contributed by atoms with van der Waals surface area (Å²) in [6.07, 6.45) is 4.73. The van der Waals surface area contributed by atoms with E-state index in [0.717, 1.165) is 42.9 Å². The first-order valence-electron chi connectivity index (χ1n) is 18.9. The fourth-order valence-corrected chi connectivity index (χ4v) is 7.91. The summed E-state index contributed by atoms with van der Waals surface area (Å²) < 4.78 is 1.49. The number of aliphatic hydroxyl groups is 2. The van der Waals surface area contributed by atoms with Gasteiger partial charge in [0.05, 0.1) is 28.9 Å². The second-order valence-electron chi connectivity index (χ2n) is 15.4. The SMILES string of the molecule is CC(C)(O)c1cnnn1C1CC(C(=O)NC(Cc2ccc([N+](=O)[O-])cc2)C(O)C(N)=O)N(C(=O)[C@@H](CC2CCCCC2)NC(=O)c2ccc3ccccc3c2)C1. The predicted molar refractivity (Wildman–Crippen MR) is 205 cm³/mol. The smallest absolute Gasteiger partial charge is 0.269 e. The lowest BCUT2D eigenvalue weighted by molar-refractivity contribution is -0.384. The number of likely N-dealkylation sites (tertiary alicyclic amines) is 1. The lowest BCUT2D eigenvalue weighted by Crippen LogP contribution is -2.57. The number of carbonyl (C=O) groups is 4. The number of hydrogen-bond acceptors (Lipinski definition) is 10. The third-order valence-electron chi connectivity index (χ3n) is 10.9. The minimum absolute atomic E-state index is 0.0235. The van der Waals surface area contributed by atoms with E-state index in [9.17, 15) is 39.5 Å². The number of nitrogens with one attached hydrogen (secondary N) is 2. The second-order valence-corrected chi connectivity index (χ2v) is 15.4. The van der Waals surface area contributed by atoms with E-state index in [1.807, 2.05) is 30.3 Å². The summed E-state index contributed by atoms with van der Waals surface area (Å²) in [4.78, 5) is 67.4. The van der Waals surface area contributed by atoms with Crippen LogP contribution in [0.5, 0.6) is 0 Å². The summed E-state index contributed by atoms with van der Waals surface area (Å²) in [5, 5.41) is 48.7. The second kappa shape index (κ2) is 17.0. The summed E-state index contributed by atoms with van der Waals surface area (Å²) in [6, 6.07) is 14.3. The number of nitro groups is 1. The number of aromatic nitrogens is 3. The molecule has 2 heterocycles. The molecule has 2 fully saturated rings. The summed E-state index contributed by atoms with van der Waals surface area (Å²) in [6.45, 7) is 3.11. The lowest BCUT2D eigenvalue weighted by atomic mass is 9.84. The summed E-state index contributed by atoms with van der Waals surface area (Å²) >= 11 is 0. The molecule has 16 heteroatoms. The third kappa shape index (κ3) is 9.20. The fourth-order valence-electron chi connectivity index (χ4n) is 7.91. The molecule has 0 spiro atoms. The minimum atomic E-state index is -1.84. The van der Waals surface area contributed by atoms with Gasteiger partial charge in [0.25, 0.3) is 11.6 Å². The van der Waals surface area contributed by atoms with Crippen molar-refractivity contribution in [3.8, 4) is 0 Å². The molecule has 4 amide bonds. The van der Waals surface area contributed by atoms with E-state index >= 15 is 0 Å². The number of rotatable bonds is 14. The molecule has 1 aliphatic heterocycles. The largest absolute Gasteiger partial charge is 0.384 e. The highest BCUT2D eigenvalue weighted by molar-refractivity contribution is 6.01. The molecule has 3 aromatic carbocycles. The van der Waals surface area contributed by atoms with Crippen LogP contribution in [0.4, 0.5) is 5.69 Å². The van der Waals surface area contributed by atoms with Gasteiger partial charge in [0.15, 0.2) is 6.10 Å². The molecular weight excluding hydrogens is 720 g/mol. The Kier molecular flexibility index (Phi) is 12.1. The van der Waals surface area contributed by atoms with Crippen molar-refractivity contribution in [3.05, 3.63) is 99.9 Å². The molecule has 4 aromatic rings. The lowest BCUT2D eigenvalue weighted by Gasteiger charge is -2.32. The van der Waals surface area contributed by atoms with E-state index in [-0.39, 0.29) is 31.0 Å². The van der Waals surface area contributed by atoms with Crippen molar-refractivity contribution in [2.75, 3.05) is 6.54 Å². The van der Waals surface area contributed by atoms with Crippen LogP contribution >= 0.6 is 0 Å². The first-order chi connectivity index (χ1) is 26.7. The quantitative estimate of drug-likeness (QED) is 0.0929. The number of nitrogens with two attached hydrogens (primary N) is 1. The zero-order valence-corrected chi connectivity index (χ0v) is 31.4. The van der Waals surface area contributed by atoms with Gasteiger partial charge in [-0.1, -0.05) is 79.8 Å². The molecule has 0 radical (unpaired) electrons. The first-order valence-corrected chi connectivity index (χ1v) is 18.9. The van der Waals surface area contributed by atoms with Gasteiger partial charge in [0, 0.05) is 30.7 Å². The summed E-state index contributed by atoms with van der Waals surface area (Å²) in [7, 11) is 0. The van der Waals surface area contributed by atoms with Crippen LogP contribution in [0.25, 0.3) is 10.8 Å². The predicted octanol–water partition coefficient (Wildman–Crippen LogP) is 3.05. The van der Waals surface area contributed by atoms with Gasteiger partial charge < -0.3 is 31.5 Å². The number of aliphatic hydroxyl groups excluding tert-OH is 1. The molecule has 4 unspecified atom stereocenters. The van der Waals surface area contributed by atoms with Gasteiger partial charge in [-0.2, -0.15) is 0 Å². The summed E-state index contributed by atoms with van der Waals surface area (Å²) in [5.74, 6) is -2.56. The maximum atomic E-state index is 14.9. The highest BCUT2D eigenvalue weighted by atomic mass is 16.6. The monoisotopic (exact) mass is 768 g/mol. The normalized spacial score (nSPS) is 19.2. The van der Waals surface area contributed by atoms with Crippen molar-refractivity contribution in [3.63, 3.8) is 0 Å². The molecule has 5 atom stereocenters. The van der Waals surface area contributed by atoms with Crippen LogP contribution in [0.3, 0.4) is 0 Å². The van der Waals surface area contributed by atoms with Crippen LogP contribution in [-0.4, -0.2) is 89.4 Å². The van der Waals surface area contributed by atoms with E-state index in [2.05, 4.69) is 20.9 Å². The molecule has 296 valence electrons. The standard InChI is InChI=1S/C40H48N8O8/c1-40(2,54)34-22-42-45-47(34)30-21-33(38(52)43-31(35(49)36(41)50)18-25-12-16-29(17-13-25)48(55)56)46(23-30)39(53)32(19-24-8-4-3-5-9-24)44-37(51)28-15-14-26-10-6-7-11-27(26)20-28/h6-7,10-17,20,22,24,30-33,35,49,54H,3-5,8-9,18-19,21,23H2,1-2H3,(H2,41,50)(H,43,52)(H,44,51)/t30?,31?,32-,33?,35?/m1/s1. The van der Waals surface area contributed by atoms with Gasteiger partial charge >= 0.3 is 0 Å². The third-order valence-corrected chi connectivity index (χ3v) is 10.9. The van der Waals surface area contributed by atoms with Crippen molar-refractivity contribution < 1.29 is 34.3 Å². The van der Waals surface area contributed by atoms with E-state index < -0.39 is 64.4 Å². The highest BCUT2D eigenvalue weighted by Crippen LogP contribution is 2.34. The Labute approximate surface area is 323 Å². The molecule has 16 nitrogen and oxygen atoms in total. The Morgan fingerprint density at radius 1 is 1.00 bits per heavy atom. The number of carbonyl (C=O) groups excluding carboxylic acids is 4. The Balaban J connectivity index is 1.32. The molecule has 6 N–H and O–H groups in total. The first kappa shape index (κ1) is 39.9. The maximum absolute atomic E-state index is 14.9. The van der Waals surface area contributed by atoms with E-state index in [4.69, 9.17) is 5.73 Å². The number of primary amides is 1. The molecule has 1 saturated heterocycles. The Morgan fingerprint density at radius 2 is 1.70 bits per heavy atom. The van der Waals surface area contributed by atoms with Crippen LogP contribution in [0.1, 0.15) is 86.5 Å². The van der Waals surface area contributed by atoms with Crippen LogP contribution in [0.15, 0.2) is 72.9 Å². The van der Waals surface area contributed by atoms with Crippen LogP contribution in [0, 0.1) is 16.0 Å². The van der Waals surface area contributed by atoms with Gasteiger partial charge in [-0.15, -0.1) is 5.10 Å². The van der Waals surface area contributed by atoms with Crippen LogP contribution < -0.4 is 16.4 Å². The maximum Gasteiger partial charge on any atom is 0.269 e. The average Bonchev–Trinajstić information content (AvgIpc) is 3.86. The number of non-ortho nitro benzene ring substituents is 1. The number of nitro benzene ring substituents is 1. The molecular formula is C40H48N8O8. The van der Waals surface area contributed by atoms with Crippen molar-refractivity contribution in [1.29, 1.82) is 0 Å². The van der Waals surface area contributed by atoms with Crippen LogP contribution in [-0.2, 0) is 26.4 Å². The Morgan fingerprint density at radius 3 is 2.36 bits per heavy atom. The number of benzene rings is 3. The zero-order chi connectivity index (χ0) is 40.1. The molecule has 6 rings (SSSR count). The van der Waals surface area contributed by atoms with Gasteiger partial charge in [0.2, 0.25) is 17.7 Å². The van der Waals surface area contributed by atoms with Gasteiger partial charge in [0.1, 0.15) is 17.7 Å². The van der Waals surface area contributed by atoms with Crippen molar-refractivity contribution in [2.24, 2.45) is 11.7 Å². The molecule has 1 aliphatic carbocycles. The van der Waals surface area contributed by atoms with Gasteiger partial charge in [-0.3, -0.25) is 29.3 Å². The number of hydrogen-bond donors (Lipinski definition) is 5. The van der Waals surface area contributed by atoms with Gasteiger partial charge in [-0.25, -0.2) is 4.68 Å². The molecule has 56 heavy (non-hydrogen) atoms. The molecule has 1 aromatic heterocycles. The number of fused-ring (bicyclic) bond motifs is 1. The Bertz CT molecular complexity index is 2070. The van der Waals surface area contributed by atoms with Crippen molar-refractivity contribution in [2.45, 2.75) is 101 Å². The van der Waals surface area contributed by atoms with Crippen LogP contribution in [0.2, 0.25) is 0 Å². The van der Waals surface area contributed by atoms with E-state index in [1.165, 1.54) is 40.0 Å². The number of nitrogens with zero attached hydrogens (tertiary/aromatic N) is 5. The van der Waals surface area contributed by atoms with E-state index in [0.29, 0.717) is 23.2 Å². The number of amides is 4. The Hall–Kier alpha value is -5.74. The fraction of sp³-hybridized carbons (Fsp3) is 0.450. The van der Waals surface area contributed by atoms with Gasteiger partial charge in [-0.05, 0) is 61.1 Å². The zero-order valence-electron chi connectivity index (χ0n) is 31.4. The molecule has 0 bridgehead atoms. The molecule has 1 saturated carbocycles. The summed E-state index contributed by atoms with van der Waals surface area (Å²) in [5.41, 5.74) is 5.17. The molecule has 2 aliphatic rings. The van der Waals surface area contributed by atoms with E-state index in [1.54, 1.807) is 26.0 Å². The topological polar surface area (TPSA) is 236 Å². The highest BCUT2D eigenvalue weighted by Gasteiger charge is 2.45. The minimum Gasteiger partial charge on any atom is -0.384 e. The average molecular weight is 769 g/mol. The van der Waals surface area contributed by atoms with Crippen molar-refractivity contribution in [1.82, 2.24) is 30.5 Å².